The molecule has 1 heterocycles. The van der Waals surface area contributed by atoms with Crippen molar-refractivity contribution in [3.8, 4) is 0 Å². The third kappa shape index (κ3) is 2.16. The van der Waals surface area contributed by atoms with E-state index in [-0.39, 0.29) is 18.0 Å². The highest BCUT2D eigenvalue weighted by atomic mass is 16.2. The average Bonchev–Trinajstić information content (AvgIpc) is 2.64. The van der Waals surface area contributed by atoms with Crippen LogP contribution in [0.4, 0.5) is 4.79 Å². The monoisotopic (exact) mass is 199 g/mol. The van der Waals surface area contributed by atoms with Gasteiger partial charge in [0.05, 0.1) is 6.04 Å². The Morgan fingerprint density at radius 1 is 1.50 bits per heavy atom. The molecule has 5 nitrogen and oxygen atoms in total. The summed E-state index contributed by atoms with van der Waals surface area (Å²) in [5, 5.41) is 2.57. The minimum absolute atomic E-state index is 0.0813. The molecule has 1 aliphatic heterocycles. The van der Waals surface area contributed by atoms with E-state index in [1.54, 1.807) is 30.8 Å². The Bertz CT molecular complexity index is 242. The Morgan fingerprint density at radius 3 is 2.57 bits per heavy atom. The second-order valence-corrected chi connectivity index (χ2v) is 3.57. The summed E-state index contributed by atoms with van der Waals surface area (Å²) in [7, 11) is 3.36. The van der Waals surface area contributed by atoms with E-state index in [0.717, 1.165) is 13.0 Å². The Balaban J connectivity index is 2.49. The first-order chi connectivity index (χ1) is 6.56. The molecule has 0 aromatic rings. The van der Waals surface area contributed by atoms with Crippen LogP contribution in [-0.2, 0) is 4.79 Å². The van der Waals surface area contributed by atoms with Gasteiger partial charge in [0.15, 0.2) is 0 Å². The van der Waals surface area contributed by atoms with Gasteiger partial charge in [0, 0.05) is 34.1 Å². The summed E-state index contributed by atoms with van der Waals surface area (Å²) in [6.07, 6.45) is 0.865. The van der Waals surface area contributed by atoms with Crippen molar-refractivity contribution in [1.82, 2.24) is 15.1 Å². The number of likely N-dealkylation sites (N-methyl/N-ethyl adjacent to an activating group) is 1. The van der Waals surface area contributed by atoms with E-state index >= 15 is 0 Å². The number of hydrogen-bond acceptors (Lipinski definition) is 2. The van der Waals surface area contributed by atoms with Gasteiger partial charge < -0.3 is 15.1 Å². The fourth-order valence-electron chi connectivity index (χ4n) is 1.69. The minimum Gasteiger partial charge on any atom is -0.341 e. The number of urea groups is 1. The number of rotatable bonds is 1. The van der Waals surface area contributed by atoms with Crippen LogP contribution in [-0.4, -0.2) is 55.0 Å². The Labute approximate surface area is 84.0 Å². The molecule has 5 heteroatoms. The Kier molecular flexibility index (Phi) is 3.33. The van der Waals surface area contributed by atoms with Crippen LogP contribution < -0.4 is 5.32 Å². The molecule has 1 N–H and O–H groups in total. The first-order valence-corrected chi connectivity index (χ1v) is 4.76. The largest absolute Gasteiger partial charge is 0.341 e. The van der Waals surface area contributed by atoms with Gasteiger partial charge >= 0.3 is 6.03 Å². The quantitative estimate of drug-likeness (QED) is 0.640. The van der Waals surface area contributed by atoms with Crippen molar-refractivity contribution < 1.29 is 9.59 Å². The van der Waals surface area contributed by atoms with Gasteiger partial charge in [-0.1, -0.05) is 0 Å². The third-order valence-electron chi connectivity index (χ3n) is 2.69. The molecule has 0 aromatic carbocycles. The van der Waals surface area contributed by atoms with Crippen molar-refractivity contribution in [3.63, 3.8) is 0 Å². The SMILES string of the molecule is CNC(=O)N(C)C1CCN(C(C)=O)C1. The lowest BCUT2D eigenvalue weighted by atomic mass is 10.2. The molecule has 1 saturated heterocycles. The number of likely N-dealkylation sites (tertiary alicyclic amines) is 1. The fourth-order valence-corrected chi connectivity index (χ4v) is 1.69. The van der Waals surface area contributed by atoms with Crippen molar-refractivity contribution in [3.05, 3.63) is 0 Å². The number of hydrogen-bond donors (Lipinski definition) is 1. The van der Waals surface area contributed by atoms with Crippen LogP contribution in [0.25, 0.3) is 0 Å². The van der Waals surface area contributed by atoms with Crippen LogP contribution in [0.2, 0.25) is 0 Å². The van der Waals surface area contributed by atoms with Crippen LogP contribution in [0.1, 0.15) is 13.3 Å². The summed E-state index contributed by atoms with van der Waals surface area (Å²) >= 11 is 0. The standard InChI is InChI=1S/C9H17N3O2/c1-7(13)12-5-4-8(6-12)11(3)9(14)10-2/h8H,4-6H2,1-3H3,(H,10,14). The molecule has 1 unspecified atom stereocenters. The number of nitrogens with one attached hydrogen (secondary N) is 1. The van der Waals surface area contributed by atoms with Gasteiger partial charge in [0.2, 0.25) is 5.91 Å². The van der Waals surface area contributed by atoms with Crippen LogP contribution in [0.5, 0.6) is 0 Å². The molecule has 1 fully saturated rings. The highest BCUT2D eigenvalue weighted by molar-refractivity contribution is 5.75. The Morgan fingerprint density at radius 2 is 2.14 bits per heavy atom. The zero-order valence-corrected chi connectivity index (χ0v) is 8.91. The maximum atomic E-state index is 11.3. The summed E-state index contributed by atoms with van der Waals surface area (Å²) < 4.78 is 0. The fraction of sp³-hybridized carbons (Fsp3) is 0.778. The van der Waals surface area contributed by atoms with Gasteiger partial charge in [-0.25, -0.2) is 4.79 Å². The second-order valence-electron chi connectivity index (χ2n) is 3.57. The van der Waals surface area contributed by atoms with Crippen molar-refractivity contribution in [2.45, 2.75) is 19.4 Å². The molecule has 80 valence electrons. The van der Waals surface area contributed by atoms with Gasteiger partial charge in [0.1, 0.15) is 0 Å². The number of nitrogens with zero attached hydrogens (tertiary/aromatic N) is 2. The Hall–Kier alpha value is -1.26. The lowest BCUT2D eigenvalue weighted by molar-refractivity contribution is -0.127. The molecule has 1 rings (SSSR count). The summed E-state index contributed by atoms with van der Waals surface area (Å²) in [4.78, 5) is 25.8. The molecule has 0 aliphatic carbocycles. The van der Waals surface area contributed by atoms with Crippen LogP contribution >= 0.6 is 0 Å². The first-order valence-electron chi connectivity index (χ1n) is 4.76. The van der Waals surface area contributed by atoms with E-state index in [2.05, 4.69) is 5.32 Å². The molecule has 3 amide bonds. The summed E-state index contributed by atoms with van der Waals surface area (Å²) in [5.41, 5.74) is 0. The minimum atomic E-state index is -0.0968. The van der Waals surface area contributed by atoms with Crippen LogP contribution in [0, 0.1) is 0 Å². The van der Waals surface area contributed by atoms with Crippen molar-refractivity contribution in [2.75, 3.05) is 27.2 Å². The highest BCUT2D eigenvalue weighted by Crippen LogP contribution is 2.14. The van der Waals surface area contributed by atoms with Gasteiger partial charge in [-0.15, -0.1) is 0 Å². The molecule has 1 aliphatic rings. The topological polar surface area (TPSA) is 52.7 Å². The van der Waals surface area contributed by atoms with E-state index < -0.39 is 0 Å². The van der Waals surface area contributed by atoms with Crippen molar-refractivity contribution >= 4 is 11.9 Å². The summed E-state index contributed by atoms with van der Waals surface area (Å²) in [6, 6.07) is 0.0549. The molecule has 14 heavy (non-hydrogen) atoms. The van der Waals surface area contributed by atoms with Crippen molar-refractivity contribution in [2.24, 2.45) is 0 Å². The molecule has 0 bridgehead atoms. The lowest BCUT2D eigenvalue weighted by Gasteiger charge is -2.24. The van der Waals surface area contributed by atoms with E-state index in [9.17, 15) is 9.59 Å². The lowest BCUT2D eigenvalue weighted by Crippen LogP contribution is -2.43. The average molecular weight is 199 g/mol. The van der Waals surface area contributed by atoms with Gasteiger partial charge in [-0.3, -0.25) is 4.79 Å². The predicted octanol–water partition coefficient (Wildman–Crippen LogP) is -0.122. The van der Waals surface area contributed by atoms with Gasteiger partial charge in [-0.2, -0.15) is 0 Å². The third-order valence-corrected chi connectivity index (χ3v) is 2.69. The van der Waals surface area contributed by atoms with E-state index in [0.29, 0.717) is 6.54 Å². The molecule has 0 spiro atoms. The van der Waals surface area contributed by atoms with Gasteiger partial charge in [-0.05, 0) is 6.42 Å². The van der Waals surface area contributed by atoms with Gasteiger partial charge in [0.25, 0.3) is 0 Å². The van der Waals surface area contributed by atoms with Crippen LogP contribution in [0.3, 0.4) is 0 Å². The van der Waals surface area contributed by atoms with E-state index in [1.165, 1.54) is 0 Å². The number of amides is 3. The maximum absolute atomic E-state index is 11.3. The summed E-state index contributed by atoms with van der Waals surface area (Å²) in [5.74, 6) is 0.0813. The zero-order valence-electron chi connectivity index (χ0n) is 8.91. The predicted molar refractivity (Wildman–Crippen MR) is 52.9 cm³/mol. The maximum Gasteiger partial charge on any atom is 0.317 e. The molecular formula is C9H17N3O2. The molecule has 0 aromatic heterocycles. The zero-order chi connectivity index (χ0) is 10.7. The smallest absolute Gasteiger partial charge is 0.317 e. The molecular weight excluding hydrogens is 182 g/mol. The molecule has 0 radical (unpaired) electrons. The number of carbonyl (C=O) groups excluding carboxylic acids is 2. The molecule has 1 atom stereocenters. The normalized spacial score (nSPS) is 20.8. The van der Waals surface area contributed by atoms with E-state index in [1.807, 2.05) is 0 Å². The number of carbonyl (C=O) groups is 2. The van der Waals surface area contributed by atoms with Crippen LogP contribution in [0.15, 0.2) is 0 Å². The highest BCUT2D eigenvalue weighted by Gasteiger charge is 2.28. The summed E-state index contributed by atoms with van der Waals surface area (Å²) in [6.45, 7) is 2.96. The van der Waals surface area contributed by atoms with Crippen molar-refractivity contribution in [1.29, 1.82) is 0 Å². The second kappa shape index (κ2) is 4.30. The molecule has 0 saturated carbocycles. The van der Waals surface area contributed by atoms with E-state index in [4.69, 9.17) is 0 Å². The first kappa shape index (κ1) is 10.8.